The van der Waals surface area contributed by atoms with Gasteiger partial charge in [0.25, 0.3) is 0 Å². The number of hydrogen-bond donors (Lipinski definition) is 0. The molecule has 1 aromatic carbocycles. The molecule has 0 aliphatic carbocycles. The summed E-state index contributed by atoms with van der Waals surface area (Å²) in [6, 6.07) is 10.6. The molecule has 3 heterocycles. The highest BCUT2D eigenvalue weighted by Gasteiger charge is 2.31. The van der Waals surface area contributed by atoms with Gasteiger partial charge in [-0.25, -0.2) is 9.97 Å². The van der Waals surface area contributed by atoms with E-state index in [9.17, 15) is 13.2 Å². The molecule has 8 heteroatoms. The minimum absolute atomic E-state index is 0.588. The summed E-state index contributed by atoms with van der Waals surface area (Å²) in [6.07, 6.45) is -3.45. The number of alkyl halides is 3. The summed E-state index contributed by atoms with van der Waals surface area (Å²) in [5, 5.41) is 0. The van der Waals surface area contributed by atoms with Gasteiger partial charge in [0, 0.05) is 39.4 Å². The molecule has 0 bridgehead atoms. The first kappa shape index (κ1) is 17.8. The van der Waals surface area contributed by atoms with Gasteiger partial charge < -0.3 is 9.47 Å². The Morgan fingerprint density at radius 2 is 1.74 bits per heavy atom. The number of rotatable bonds is 3. The molecule has 27 heavy (non-hydrogen) atoms. The number of para-hydroxylation sites is 2. The number of nitrogens with zero attached hydrogens (tertiary/aromatic N) is 5. The molecule has 0 N–H and O–H groups in total. The first-order chi connectivity index (χ1) is 12.9. The summed E-state index contributed by atoms with van der Waals surface area (Å²) in [5.41, 5.74) is 1.38. The minimum Gasteiger partial charge on any atom is -0.354 e. The number of benzene rings is 1. The second-order valence-corrected chi connectivity index (χ2v) is 6.74. The van der Waals surface area contributed by atoms with Crippen molar-refractivity contribution in [2.24, 2.45) is 7.05 Å². The molecule has 0 spiro atoms. The van der Waals surface area contributed by atoms with Crippen LogP contribution in [0.2, 0.25) is 0 Å². The summed E-state index contributed by atoms with van der Waals surface area (Å²) < 4.78 is 40.1. The number of halogens is 3. The van der Waals surface area contributed by atoms with Gasteiger partial charge in [0.2, 0.25) is 0 Å². The van der Waals surface area contributed by atoms with Crippen LogP contribution >= 0.6 is 0 Å². The first-order valence-electron chi connectivity index (χ1n) is 8.83. The third-order valence-electron chi connectivity index (χ3n) is 5.02. The third-order valence-corrected chi connectivity index (χ3v) is 5.02. The van der Waals surface area contributed by atoms with Crippen LogP contribution in [-0.4, -0.2) is 45.6 Å². The molecule has 2 aromatic heterocycles. The predicted molar refractivity (Wildman–Crippen MR) is 97.4 cm³/mol. The zero-order valence-corrected chi connectivity index (χ0v) is 14.9. The number of fused-ring (bicyclic) bond motifs is 1. The number of anilines is 1. The lowest BCUT2D eigenvalue weighted by Crippen LogP contribution is -2.46. The van der Waals surface area contributed by atoms with E-state index in [0.29, 0.717) is 5.82 Å². The Morgan fingerprint density at radius 1 is 1.00 bits per heavy atom. The van der Waals surface area contributed by atoms with Gasteiger partial charge in [-0.3, -0.25) is 4.90 Å². The van der Waals surface area contributed by atoms with Crippen LogP contribution < -0.4 is 4.90 Å². The van der Waals surface area contributed by atoms with E-state index in [1.54, 1.807) is 0 Å². The van der Waals surface area contributed by atoms with Crippen LogP contribution in [0.4, 0.5) is 19.0 Å². The molecule has 3 aromatic rings. The SMILES string of the molecule is Cn1c(CN2CCN(c3ccc(C(F)(F)F)cn3)CC2)nc2ccccc21. The number of hydrogen-bond acceptors (Lipinski definition) is 4. The molecule has 4 rings (SSSR count). The summed E-state index contributed by atoms with van der Waals surface area (Å²) in [4.78, 5) is 13.0. The van der Waals surface area contributed by atoms with Crippen molar-refractivity contribution in [2.75, 3.05) is 31.1 Å². The number of piperazine rings is 1. The fraction of sp³-hybridized carbons (Fsp3) is 0.368. The summed E-state index contributed by atoms with van der Waals surface area (Å²) in [6.45, 7) is 3.82. The summed E-state index contributed by atoms with van der Waals surface area (Å²) in [5.74, 6) is 1.60. The van der Waals surface area contributed by atoms with Crippen LogP contribution in [0.25, 0.3) is 11.0 Å². The zero-order valence-electron chi connectivity index (χ0n) is 14.9. The van der Waals surface area contributed by atoms with Crippen LogP contribution in [0.1, 0.15) is 11.4 Å². The molecule has 0 unspecified atom stereocenters. The molecule has 1 fully saturated rings. The fourth-order valence-electron chi connectivity index (χ4n) is 3.41. The smallest absolute Gasteiger partial charge is 0.354 e. The average molecular weight is 375 g/mol. The summed E-state index contributed by atoms with van der Waals surface area (Å²) >= 11 is 0. The lowest BCUT2D eigenvalue weighted by atomic mass is 10.2. The van der Waals surface area contributed by atoms with Gasteiger partial charge in [-0.1, -0.05) is 12.1 Å². The molecular formula is C19H20F3N5. The molecule has 0 saturated carbocycles. The van der Waals surface area contributed by atoms with Crippen molar-refractivity contribution in [3.05, 3.63) is 54.0 Å². The van der Waals surface area contributed by atoms with Crippen molar-refractivity contribution in [3.8, 4) is 0 Å². The van der Waals surface area contributed by atoms with Gasteiger partial charge in [-0.05, 0) is 24.3 Å². The molecule has 0 radical (unpaired) electrons. The normalized spacial score (nSPS) is 16.2. The van der Waals surface area contributed by atoms with Crippen LogP contribution in [0.15, 0.2) is 42.6 Å². The van der Waals surface area contributed by atoms with Crippen molar-refractivity contribution in [3.63, 3.8) is 0 Å². The van der Waals surface area contributed by atoms with E-state index in [1.807, 2.05) is 30.1 Å². The van der Waals surface area contributed by atoms with E-state index in [4.69, 9.17) is 4.98 Å². The van der Waals surface area contributed by atoms with Crippen LogP contribution in [0, 0.1) is 0 Å². The van der Waals surface area contributed by atoms with Gasteiger partial charge in [0.15, 0.2) is 0 Å². The average Bonchev–Trinajstić information content (AvgIpc) is 2.98. The molecule has 1 aliphatic rings. The molecule has 1 saturated heterocycles. The van der Waals surface area contributed by atoms with Crippen LogP contribution in [0.5, 0.6) is 0 Å². The molecule has 1 aliphatic heterocycles. The Hall–Kier alpha value is -2.61. The number of pyridine rings is 1. The summed E-state index contributed by atoms with van der Waals surface area (Å²) in [7, 11) is 2.02. The number of aryl methyl sites for hydroxylation is 1. The Bertz CT molecular complexity index is 925. The van der Waals surface area contributed by atoms with Crippen molar-refractivity contribution in [2.45, 2.75) is 12.7 Å². The van der Waals surface area contributed by atoms with E-state index < -0.39 is 11.7 Å². The monoisotopic (exact) mass is 375 g/mol. The van der Waals surface area contributed by atoms with E-state index in [0.717, 1.165) is 61.8 Å². The quantitative estimate of drug-likeness (QED) is 0.704. The van der Waals surface area contributed by atoms with Gasteiger partial charge in [0.1, 0.15) is 11.6 Å². The van der Waals surface area contributed by atoms with Crippen LogP contribution in [-0.2, 0) is 19.8 Å². The molecule has 0 atom stereocenters. The highest BCUT2D eigenvalue weighted by Crippen LogP contribution is 2.29. The fourth-order valence-corrected chi connectivity index (χ4v) is 3.41. The minimum atomic E-state index is -4.35. The maximum atomic E-state index is 12.7. The lowest BCUT2D eigenvalue weighted by Gasteiger charge is -2.35. The van der Waals surface area contributed by atoms with Crippen molar-refractivity contribution >= 4 is 16.9 Å². The van der Waals surface area contributed by atoms with Crippen molar-refractivity contribution < 1.29 is 13.2 Å². The number of aromatic nitrogens is 3. The van der Waals surface area contributed by atoms with Crippen molar-refractivity contribution in [1.82, 2.24) is 19.4 Å². The maximum Gasteiger partial charge on any atom is 0.417 e. The lowest BCUT2D eigenvalue weighted by molar-refractivity contribution is -0.137. The number of imidazole rings is 1. The van der Waals surface area contributed by atoms with Gasteiger partial charge in [-0.2, -0.15) is 13.2 Å². The van der Waals surface area contributed by atoms with E-state index >= 15 is 0 Å². The Kier molecular flexibility index (Phi) is 4.51. The Morgan fingerprint density at radius 3 is 2.37 bits per heavy atom. The standard InChI is InChI=1S/C19H20F3N5/c1-25-16-5-3-2-4-15(16)24-18(25)13-26-8-10-27(11-9-26)17-7-6-14(12-23-17)19(20,21)22/h2-7,12H,8-11,13H2,1H3. The van der Waals surface area contributed by atoms with Gasteiger partial charge in [-0.15, -0.1) is 0 Å². The van der Waals surface area contributed by atoms with Gasteiger partial charge in [0.05, 0.1) is 23.1 Å². The van der Waals surface area contributed by atoms with Gasteiger partial charge >= 0.3 is 6.18 Å². The maximum absolute atomic E-state index is 12.7. The first-order valence-corrected chi connectivity index (χ1v) is 8.83. The predicted octanol–water partition coefficient (Wildman–Crippen LogP) is 3.31. The highest BCUT2D eigenvalue weighted by molar-refractivity contribution is 5.75. The molecule has 142 valence electrons. The topological polar surface area (TPSA) is 37.2 Å². The highest BCUT2D eigenvalue weighted by atomic mass is 19.4. The van der Waals surface area contributed by atoms with E-state index in [2.05, 4.69) is 20.5 Å². The third kappa shape index (κ3) is 3.62. The largest absolute Gasteiger partial charge is 0.417 e. The zero-order chi connectivity index (χ0) is 19.0. The second-order valence-electron chi connectivity index (χ2n) is 6.74. The van der Waals surface area contributed by atoms with Crippen molar-refractivity contribution in [1.29, 1.82) is 0 Å². The van der Waals surface area contributed by atoms with E-state index in [1.165, 1.54) is 6.07 Å². The van der Waals surface area contributed by atoms with E-state index in [-0.39, 0.29) is 0 Å². The Balaban J connectivity index is 1.39. The van der Waals surface area contributed by atoms with Crippen LogP contribution in [0.3, 0.4) is 0 Å². The molecule has 5 nitrogen and oxygen atoms in total. The second kappa shape index (κ2) is 6.84. The Labute approximate surface area is 155 Å². The molecule has 0 amide bonds. The molecular weight excluding hydrogens is 355 g/mol.